The third kappa shape index (κ3) is 4.12. The third-order valence-corrected chi connectivity index (χ3v) is 7.36. The molecule has 2 aromatic carbocycles. The SMILES string of the molecule is O=C(c1ccc(C(=O)NC2C3CC4CC2CC(O)(C4)C3)c(OC(F)F)c1)c1ccccc1F. The van der Waals surface area contributed by atoms with Crippen LogP contribution in [0.2, 0.25) is 0 Å². The van der Waals surface area contributed by atoms with Crippen LogP contribution < -0.4 is 10.1 Å². The molecule has 0 aliphatic heterocycles. The predicted octanol–water partition coefficient (Wildman–Crippen LogP) is 4.33. The van der Waals surface area contributed by atoms with Crippen molar-refractivity contribution in [1.29, 1.82) is 0 Å². The molecule has 174 valence electrons. The molecule has 0 saturated heterocycles. The van der Waals surface area contributed by atoms with Gasteiger partial charge in [-0.3, -0.25) is 9.59 Å². The first-order valence-corrected chi connectivity index (χ1v) is 11.1. The molecule has 0 spiro atoms. The molecule has 4 saturated carbocycles. The number of nitrogens with one attached hydrogen (secondary N) is 1. The second-order valence-corrected chi connectivity index (χ2v) is 9.59. The number of hydrogen-bond acceptors (Lipinski definition) is 4. The van der Waals surface area contributed by atoms with E-state index < -0.39 is 35.5 Å². The molecule has 0 heterocycles. The summed E-state index contributed by atoms with van der Waals surface area (Å²) in [5, 5.41) is 13.7. The Balaban J connectivity index is 1.40. The van der Waals surface area contributed by atoms with Crippen molar-refractivity contribution in [3.05, 3.63) is 65.0 Å². The van der Waals surface area contributed by atoms with E-state index >= 15 is 0 Å². The zero-order chi connectivity index (χ0) is 23.3. The fraction of sp³-hybridized carbons (Fsp3) is 0.440. The number of amides is 1. The molecule has 0 aromatic heterocycles. The molecule has 8 heteroatoms. The molecule has 4 aliphatic carbocycles. The van der Waals surface area contributed by atoms with Gasteiger partial charge in [-0.25, -0.2) is 4.39 Å². The van der Waals surface area contributed by atoms with Crippen molar-refractivity contribution in [2.75, 3.05) is 0 Å². The predicted molar refractivity (Wildman–Crippen MR) is 113 cm³/mol. The van der Waals surface area contributed by atoms with E-state index in [0.717, 1.165) is 31.4 Å². The lowest BCUT2D eigenvalue weighted by atomic mass is 9.52. The smallest absolute Gasteiger partial charge is 0.387 e. The van der Waals surface area contributed by atoms with Gasteiger partial charge in [-0.1, -0.05) is 12.1 Å². The Morgan fingerprint density at radius 1 is 1.03 bits per heavy atom. The highest BCUT2D eigenvalue weighted by atomic mass is 19.3. The summed E-state index contributed by atoms with van der Waals surface area (Å²) >= 11 is 0. The lowest BCUT2D eigenvalue weighted by Crippen LogP contribution is -2.61. The van der Waals surface area contributed by atoms with Crippen molar-refractivity contribution in [2.24, 2.45) is 17.8 Å². The van der Waals surface area contributed by atoms with Crippen LogP contribution in [0.15, 0.2) is 42.5 Å². The molecule has 2 unspecified atom stereocenters. The van der Waals surface area contributed by atoms with Crippen LogP contribution in [0.3, 0.4) is 0 Å². The number of hydrogen-bond donors (Lipinski definition) is 2. The summed E-state index contributed by atoms with van der Waals surface area (Å²) in [6, 6.07) is 8.83. The summed E-state index contributed by atoms with van der Waals surface area (Å²) in [7, 11) is 0. The summed E-state index contributed by atoms with van der Waals surface area (Å²) in [4.78, 5) is 25.8. The van der Waals surface area contributed by atoms with Gasteiger partial charge in [0.05, 0.1) is 16.7 Å². The van der Waals surface area contributed by atoms with Gasteiger partial charge in [0.1, 0.15) is 11.6 Å². The first kappa shape index (κ1) is 21.9. The number of alkyl halides is 2. The van der Waals surface area contributed by atoms with Gasteiger partial charge in [-0.05, 0) is 80.2 Å². The lowest BCUT2D eigenvalue weighted by molar-refractivity contribution is -0.137. The van der Waals surface area contributed by atoms with Gasteiger partial charge in [-0.15, -0.1) is 0 Å². The molecular formula is C25H24F3NO4. The van der Waals surface area contributed by atoms with Gasteiger partial charge in [0, 0.05) is 11.6 Å². The molecule has 4 aliphatic rings. The van der Waals surface area contributed by atoms with Crippen molar-refractivity contribution in [3.8, 4) is 5.75 Å². The molecule has 4 bridgehead atoms. The normalized spacial score (nSPS) is 29.8. The minimum atomic E-state index is -3.20. The first-order chi connectivity index (χ1) is 15.7. The molecule has 2 aromatic rings. The number of ether oxygens (including phenoxy) is 1. The van der Waals surface area contributed by atoms with Crippen LogP contribution in [0.4, 0.5) is 13.2 Å². The van der Waals surface area contributed by atoms with Crippen LogP contribution in [0.1, 0.15) is 58.4 Å². The fourth-order valence-electron chi connectivity index (χ4n) is 6.29. The average molecular weight is 459 g/mol. The van der Waals surface area contributed by atoms with Gasteiger partial charge >= 0.3 is 6.61 Å². The van der Waals surface area contributed by atoms with Crippen molar-refractivity contribution in [3.63, 3.8) is 0 Å². The third-order valence-electron chi connectivity index (χ3n) is 7.36. The number of carbonyl (C=O) groups is 2. The Labute approximate surface area is 188 Å². The van der Waals surface area contributed by atoms with E-state index in [2.05, 4.69) is 10.1 Å². The van der Waals surface area contributed by atoms with E-state index in [1.165, 1.54) is 30.3 Å². The summed E-state index contributed by atoms with van der Waals surface area (Å²) in [5.41, 5.74) is -1.04. The lowest BCUT2D eigenvalue weighted by Gasteiger charge is -2.58. The van der Waals surface area contributed by atoms with Crippen molar-refractivity contribution in [1.82, 2.24) is 5.32 Å². The van der Waals surface area contributed by atoms with Gasteiger partial charge in [-0.2, -0.15) is 8.78 Å². The molecule has 4 fully saturated rings. The maximum absolute atomic E-state index is 14.0. The summed E-state index contributed by atoms with van der Waals surface area (Å²) in [5.74, 6) is -1.69. The minimum absolute atomic E-state index is 0.0656. The Bertz CT molecular complexity index is 1090. The van der Waals surface area contributed by atoms with Crippen molar-refractivity contribution >= 4 is 11.7 Å². The van der Waals surface area contributed by atoms with Gasteiger partial charge in [0.15, 0.2) is 5.78 Å². The number of aliphatic hydroxyl groups is 1. The number of ketones is 1. The minimum Gasteiger partial charge on any atom is -0.434 e. The van der Waals surface area contributed by atoms with Gasteiger partial charge in [0.2, 0.25) is 0 Å². The van der Waals surface area contributed by atoms with Crippen molar-refractivity contribution < 1.29 is 32.6 Å². The zero-order valence-electron chi connectivity index (χ0n) is 17.8. The van der Waals surface area contributed by atoms with Crippen LogP contribution in [0, 0.1) is 23.6 Å². The van der Waals surface area contributed by atoms with Crippen LogP contribution in [0.5, 0.6) is 5.75 Å². The van der Waals surface area contributed by atoms with Crippen LogP contribution in [-0.4, -0.2) is 35.1 Å². The van der Waals surface area contributed by atoms with Crippen LogP contribution >= 0.6 is 0 Å². The molecule has 6 rings (SSSR count). The van der Waals surface area contributed by atoms with Gasteiger partial charge in [0.25, 0.3) is 5.91 Å². The summed E-state index contributed by atoms with van der Waals surface area (Å²) in [6.07, 6.45) is 3.92. The highest BCUT2D eigenvalue weighted by Crippen LogP contribution is 2.55. The van der Waals surface area contributed by atoms with E-state index in [1.807, 2.05) is 0 Å². The average Bonchev–Trinajstić information content (AvgIpc) is 2.74. The largest absolute Gasteiger partial charge is 0.434 e. The van der Waals surface area contributed by atoms with Crippen LogP contribution in [0.25, 0.3) is 0 Å². The second-order valence-electron chi connectivity index (χ2n) is 9.59. The van der Waals surface area contributed by atoms with E-state index in [9.17, 15) is 27.9 Å². The number of rotatable bonds is 6. The molecule has 2 N–H and O–H groups in total. The molecular weight excluding hydrogens is 435 g/mol. The number of halogens is 3. The first-order valence-electron chi connectivity index (χ1n) is 11.1. The van der Waals surface area contributed by atoms with E-state index in [-0.39, 0.29) is 34.6 Å². The molecule has 5 nitrogen and oxygen atoms in total. The molecule has 33 heavy (non-hydrogen) atoms. The van der Waals surface area contributed by atoms with E-state index in [4.69, 9.17) is 0 Å². The molecule has 0 radical (unpaired) electrons. The quantitative estimate of drug-likeness (QED) is 0.631. The van der Waals surface area contributed by atoms with Gasteiger partial charge < -0.3 is 15.2 Å². The standard InChI is InChI=1S/C25H24F3NO4/c26-19-4-2-1-3-17(19)22(30)14-5-6-18(20(9-14)33-24(27)28)23(31)29-21-15-7-13-8-16(21)12-25(32,10-13)11-15/h1-6,9,13,15-16,21,24,32H,7-8,10-12H2,(H,29,31). The Kier molecular flexibility index (Phi) is 5.43. The van der Waals surface area contributed by atoms with E-state index in [1.54, 1.807) is 0 Å². The molecule has 1 amide bonds. The highest BCUT2D eigenvalue weighted by molar-refractivity contribution is 6.10. The topological polar surface area (TPSA) is 75.6 Å². The number of carbonyl (C=O) groups excluding carboxylic acids is 2. The summed E-state index contributed by atoms with van der Waals surface area (Å²) in [6.45, 7) is -3.20. The highest BCUT2D eigenvalue weighted by Gasteiger charge is 2.55. The van der Waals surface area contributed by atoms with Crippen molar-refractivity contribution in [2.45, 2.75) is 50.4 Å². The number of benzene rings is 2. The second kappa shape index (κ2) is 8.17. The maximum atomic E-state index is 14.0. The van der Waals surface area contributed by atoms with E-state index in [0.29, 0.717) is 18.8 Å². The fourth-order valence-corrected chi connectivity index (χ4v) is 6.29. The van der Waals surface area contributed by atoms with Crippen LogP contribution in [-0.2, 0) is 0 Å². The Hall–Kier alpha value is -2.87. The Morgan fingerprint density at radius 3 is 2.36 bits per heavy atom. The Morgan fingerprint density at radius 2 is 1.73 bits per heavy atom. The zero-order valence-corrected chi connectivity index (χ0v) is 17.8. The monoisotopic (exact) mass is 459 g/mol. The maximum Gasteiger partial charge on any atom is 0.387 e. The summed E-state index contributed by atoms with van der Waals surface area (Å²) < 4.78 is 44.8. The molecule has 2 atom stereocenters.